The summed E-state index contributed by atoms with van der Waals surface area (Å²) in [6, 6.07) is 21.2. The Morgan fingerprint density at radius 3 is 1.84 bits per heavy atom. The van der Waals surface area contributed by atoms with Crippen LogP contribution in [0.3, 0.4) is 0 Å². The van der Waals surface area contributed by atoms with Crippen molar-refractivity contribution in [3.63, 3.8) is 0 Å². The summed E-state index contributed by atoms with van der Waals surface area (Å²) in [5.74, 6) is -0.688. The van der Waals surface area contributed by atoms with E-state index in [1.54, 1.807) is 36.4 Å². The maximum atomic E-state index is 13.1. The number of hydrogen-bond donors (Lipinski definition) is 2. The van der Waals surface area contributed by atoms with Crippen molar-refractivity contribution in [3.05, 3.63) is 83.9 Å². The predicted octanol–water partition coefficient (Wildman–Crippen LogP) is 4.45. The van der Waals surface area contributed by atoms with E-state index in [0.29, 0.717) is 34.0 Å². The Kier molecular flexibility index (Phi) is 5.89. The molecule has 4 rings (SSSR count). The molecule has 0 spiro atoms. The highest BCUT2D eigenvalue weighted by Crippen LogP contribution is 2.44. The normalized spacial score (nSPS) is 13.1. The van der Waals surface area contributed by atoms with Gasteiger partial charge in [-0.2, -0.15) is 0 Å². The second-order valence-electron chi connectivity index (χ2n) is 7.44. The van der Waals surface area contributed by atoms with Crippen LogP contribution in [-0.2, 0) is 19.1 Å². The van der Waals surface area contributed by atoms with Gasteiger partial charge in [-0.15, -0.1) is 0 Å². The zero-order chi connectivity index (χ0) is 22.7. The van der Waals surface area contributed by atoms with Gasteiger partial charge in [-0.1, -0.05) is 36.4 Å². The molecule has 3 aromatic rings. The minimum atomic E-state index is -1.01. The number of fused-ring (bicyclic) bond motifs is 2. The molecule has 2 amide bonds. The molecule has 0 aliphatic carbocycles. The summed E-state index contributed by atoms with van der Waals surface area (Å²) in [6.45, 7) is 2.94. The molecule has 0 saturated heterocycles. The van der Waals surface area contributed by atoms with Crippen molar-refractivity contribution in [2.45, 2.75) is 25.9 Å². The number of carbonyl (C=O) groups excluding carboxylic acids is 3. The molecule has 0 bridgehead atoms. The van der Waals surface area contributed by atoms with Crippen molar-refractivity contribution < 1.29 is 23.9 Å². The zero-order valence-electron chi connectivity index (χ0n) is 17.6. The van der Waals surface area contributed by atoms with Gasteiger partial charge in [-0.3, -0.25) is 14.4 Å². The minimum Gasteiger partial charge on any atom is -0.457 e. The maximum absolute atomic E-state index is 13.1. The fourth-order valence-corrected chi connectivity index (χ4v) is 3.54. The summed E-state index contributed by atoms with van der Waals surface area (Å²) in [5.41, 5.74) is 2.52. The Hall–Kier alpha value is -4.13. The number of amides is 2. The molecule has 1 atom stereocenters. The highest BCUT2D eigenvalue weighted by Gasteiger charge is 2.35. The summed E-state index contributed by atoms with van der Waals surface area (Å²) in [7, 11) is 0. The Morgan fingerprint density at radius 2 is 1.31 bits per heavy atom. The van der Waals surface area contributed by atoms with E-state index in [-0.39, 0.29) is 5.91 Å². The standard InChI is InChI=1S/C25H22N2O5/c1-15(24(29)27-18-13-11-17(12-14-18)26-16(2)28)31-25(30)23-19-7-3-5-9-21(19)32-22-10-6-4-8-20(22)23/h3-15,23H,1-2H3,(H,26,28)(H,27,29)/t15-/m1/s1. The molecule has 32 heavy (non-hydrogen) atoms. The lowest BCUT2D eigenvalue weighted by molar-refractivity contribution is -0.153. The van der Waals surface area contributed by atoms with E-state index in [2.05, 4.69) is 10.6 Å². The van der Waals surface area contributed by atoms with E-state index >= 15 is 0 Å². The molecule has 3 aromatic carbocycles. The smallest absolute Gasteiger partial charge is 0.318 e. The molecule has 1 aliphatic heterocycles. The van der Waals surface area contributed by atoms with Crippen LogP contribution in [-0.4, -0.2) is 23.9 Å². The molecule has 7 heteroatoms. The summed E-state index contributed by atoms with van der Waals surface area (Å²) in [6.07, 6.45) is -1.01. The van der Waals surface area contributed by atoms with Crippen LogP contribution < -0.4 is 15.4 Å². The van der Waals surface area contributed by atoms with Crippen LogP contribution >= 0.6 is 0 Å². The van der Waals surface area contributed by atoms with Gasteiger partial charge in [0.1, 0.15) is 17.4 Å². The third-order valence-corrected chi connectivity index (χ3v) is 5.05. The fraction of sp³-hybridized carbons (Fsp3) is 0.160. The van der Waals surface area contributed by atoms with E-state index in [4.69, 9.17) is 9.47 Å². The monoisotopic (exact) mass is 430 g/mol. The topological polar surface area (TPSA) is 93.7 Å². The third-order valence-electron chi connectivity index (χ3n) is 5.05. The number of anilines is 2. The number of ether oxygens (including phenoxy) is 2. The molecule has 0 saturated carbocycles. The SMILES string of the molecule is CC(=O)Nc1ccc(NC(=O)[C@@H](C)OC(=O)C2c3ccccc3Oc3ccccc32)cc1. The summed E-state index contributed by atoms with van der Waals surface area (Å²) in [5, 5.41) is 5.37. The Bertz CT molecular complexity index is 1130. The molecular formula is C25H22N2O5. The first-order chi connectivity index (χ1) is 15.4. The van der Waals surface area contributed by atoms with Crippen LogP contribution in [0.5, 0.6) is 11.5 Å². The average Bonchev–Trinajstić information content (AvgIpc) is 2.78. The van der Waals surface area contributed by atoms with E-state index in [1.165, 1.54) is 13.8 Å². The van der Waals surface area contributed by atoms with Crippen LogP contribution in [0.4, 0.5) is 11.4 Å². The number of benzene rings is 3. The molecule has 0 unspecified atom stereocenters. The van der Waals surface area contributed by atoms with Crippen molar-refractivity contribution >= 4 is 29.2 Å². The lowest BCUT2D eigenvalue weighted by Gasteiger charge is -2.27. The number of hydrogen-bond acceptors (Lipinski definition) is 5. The largest absolute Gasteiger partial charge is 0.457 e. The molecule has 0 fully saturated rings. The van der Waals surface area contributed by atoms with Gasteiger partial charge in [0.25, 0.3) is 5.91 Å². The Morgan fingerprint density at radius 1 is 0.812 bits per heavy atom. The first-order valence-corrected chi connectivity index (χ1v) is 10.2. The lowest BCUT2D eigenvalue weighted by Crippen LogP contribution is -2.32. The van der Waals surface area contributed by atoms with Crippen molar-refractivity contribution in [1.82, 2.24) is 0 Å². The molecule has 7 nitrogen and oxygen atoms in total. The fourth-order valence-electron chi connectivity index (χ4n) is 3.54. The molecule has 162 valence electrons. The number of rotatable bonds is 5. The summed E-state index contributed by atoms with van der Waals surface area (Å²) < 4.78 is 11.5. The van der Waals surface area contributed by atoms with Crippen molar-refractivity contribution in [1.29, 1.82) is 0 Å². The molecule has 0 aromatic heterocycles. The van der Waals surface area contributed by atoms with Crippen molar-refractivity contribution in [3.8, 4) is 11.5 Å². The second-order valence-corrected chi connectivity index (χ2v) is 7.44. The average molecular weight is 430 g/mol. The lowest BCUT2D eigenvalue weighted by atomic mass is 9.88. The summed E-state index contributed by atoms with van der Waals surface area (Å²) in [4.78, 5) is 36.9. The maximum Gasteiger partial charge on any atom is 0.318 e. The van der Waals surface area contributed by atoms with E-state index in [9.17, 15) is 14.4 Å². The van der Waals surface area contributed by atoms with Gasteiger partial charge in [0, 0.05) is 29.4 Å². The molecular weight excluding hydrogens is 408 g/mol. The number of carbonyl (C=O) groups is 3. The van der Waals surface area contributed by atoms with Crippen LogP contribution in [0.15, 0.2) is 72.8 Å². The van der Waals surface area contributed by atoms with E-state index in [0.717, 1.165) is 0 Å². The first-order valence-electron chi connectivity index (χ1n) is 10.2. The number of nitrogens with one attached hydrogen (secondary N) is 2. The van der Waals surface area contributed by atoms with Gasteiger partial charge in [-0.05, 0) is 43.3 Å². The first kappa shape index (κ1) is 21.1. The van der Waals surface area contributed by atoms with E-state index in [1.807, 2.05) is 36.4 Å². The molecule has 1 heterocycles. The van der Waals surface area contributed by atoms with Gasteiger partial charge in [-0.25, -0.2) is 0 Å². The predicted molar refractivity (Wildman–Crippen MR) is 120 cm³/mol. The van der Waals surface area contributed by atoms with Crippen molar-refractivity contribution in [2.75, 3.05) is 10.6 Å². The minimum absolute atomic E-state index is 0.182. The van der Waals surface area contributed by atoms with Crippen molar-refractivity contribution in [2.24, 2.45) is 0 Å². The third kappa shape index (κ3) is 4.46. The molecule has 2 N–H and O–H groups in total. The van der Waals surface area contributed by atoms with Crippen LogP contribution in [0.2, 0.25) is 0 Å². The quantitative estimate of drug-likeness (QED) is 0.583. The van der Waals surface area contributed by atoms with Crippen LogP contribution in [0.25, 0.3) is 0 Å². The van der Waals surface area contributed by atoms with Gasteiger partial charge in [0.15, 0.2) is 6.10 Å². The van der Waals surface area contributed by atoms with Crippen LogP contribution in [0.1, 0.15) is 30.9 Å². The van der Waals surface area contributed by atoms with Gasteiger partial charge < -0.3 is 20.1 Å². The van der Waals surface area contributed by atoms with Crippen LogP contribution in [0, 0.1) is 0 Å². The summed E-state index contributed by atoms with van der Waals surface area (Å²) >= 11 is 0. The van der Waals surface area contributed by atoms with Gasteiger partial charge >= 0.3 is 5.97 Å². The number of para-hydroxylation sites is 2. The Balaban J connectivity index is 1.47. The zero-order valence-corrected chi connectivity index (χ0v) is 17.6. The highest BCUT2D eigenvalue weighted by atomic mass is 16.5. The number of esters is 1. The Labute approximate surface area is 185 Å². The molecule has 0 radical (unpaired) electrons. The highest BCUT2D eigenvalue weighted by molar-refractivity contribution is 5.96. The molecule has 1 aliphatic rings. The van der Waals surface area contributed by atoms with Gasteiger partial charge in [0.2, 0.25) is 5.91 Å². The van der Waals surface area contributed by atoms with Gasteiger partial charge in [0.05, 0.1) is 0 Å². The van der Waals surface area contributed by atoms with E-state index < -0.39 is 23.9 Å². The second kappa shape index (κ2) is 8.93.